The van der Waals surface area contributed by atoms with E-state index in [0.717, 1.165) is 42.7 Å². The maximum atomic E-state index is 13.1. The fraction of sp³-hybridized carbons (Fsp3) is 0.458. The van der Waals surface area contributed by atoms with Gasteiger partial charge in [-0.15, -0.1) is 0 Å². The van der Waals surface area contributed by atoms with Crippen LogP contribution in [-0.2, 0) is 21.2 Å². The molecule has 0 spiro atoms. The number of nitrogens with zero attached hydrogens (tertiary/aromatic N) is 1. The molecule has 1 atom stereocenters. The van der Waals surface area contributed by atoms with Crippen LogP contribution < -0.4 is 10.1 Å². The molecular weight excluding hydrogens is 431 g/mol. The maximum absolute atomic E-state index is 13.1. The molecule has 1 aliphatic rings. The third kappa shape index (κ3) is 6.29. The summed E-state index contributed by atoms with van der Waals surface area (Å²) in [5.41, 5.74) is 1.12. The molecule has 1 fully saturated rings. The van der Waals surface area contributed by atoms with Crippen LogP contribution in [0, 0.1) is 11.7 Å². The van der Waals surface area contributed by atoms with Gasteiger partial charge in [0.05, 0.1) is 17.4 Å². The highest BCUT2D eigenvalue weighted by molar-refractivity contribution is 7.89. The Kier molecular flexibility index (Phi) is 8.64. The number of ether oxygens (including phenoxy) is 1. The number of hydrogen-bond donors (Lipinski definition) is 1. The SMILES string of the molecule is CCCOc1ccccc1CCCNC(=O)[C@H]1CCCN(S(=O)(=O)c2ccc(F)cc2)C1. The first-order valence-electron chi connectivity index (χ1n) is 11.2. The molecule has 1 saturated heterocycles. The summed E-state index contributed by atoms with van der Waals surface area (Å²) in [4.78, 5) is 12.7. The summed E-state index contributed by atoms with van der Waals surface area (Å²) in [6, 6.07) is 12.7. The summed E-state index contributed by atoms with van der Waals surface area (Å²) >= 11 is 0. The van der Waals surface area contributed by atoms with Crippen molar-refractivity contribution in [1.82, 2.24) is 9.62 Å². The van der Waals surface area contributed by atoms with E-state index >= 15 is 0 Å². The lowest BCUT2D eigenvalue weighted by atomic mass is 9.99. The molecule has 0 unspecified atom stereocenters. The minimum absolute atomic E-state index is 0.0453. The molecule has 3 rings (SSSR count). The summed E-state index contributed by atoms with van der Waals surface area (Å²) in [7, 11) is -3.75. The topological polar surface area (TPSA) is 75.7 Å². The number of hydrogen-bond acceptors (Lipinski definition) is 4. The Balaban J connectivity index is 1.50. The number of rotatable bonds is 10. The lowest BCUT2D eigenvalue weighted by Gasteiger charge is -2.31. The molecule has 0 radical (unpaired) electrons. The van der Waals surface area contributed by atoms with Crippen molar-refractivity contribution in [2.24, 2.45) is 5.92 Å². The Bertz CT molecular complexity index is 995. The number of carbonyl (C=O) groups is 1. The number of benzene rings is 2. The number of nitrogens with one attached hydrogen (secondary N) is 1. The zero-order valence-electron chi connectivity index (χ0n) is 18.4. The number of aryl methyl sites for hydroxylation is 1. The molecule has 1 amide bonds. The predicted octanol–water partition coefficient (Wildman–Crippen LogP) is 3.76. The molecule has 0 aromatic heterocycles. The van der Waals surface area contributed by atoms with Gasteiger partial charge in [0, 0.05) is 19.6 Å². The second kappa shape index (κ2) is 11.4. The molecular formula is C24H31FN2O4S. The Morgan fingerprint density at radius 1 is 1.19 bits per heavy atom. The van der Waals surface area contributed by atoms with E-state index in [1.165, 1.54) is 16.4 Å². The standard InChI is InChI=1S/C24H31FN2O4S/c1-2-17-31-23-10-4-3-7-19(23)8-5-15-26-24(28)20-9-6-16-27(18-20)32(29,30)22-13-11-21(25)12-14-22/h3-4,7,10-14,20H,2,5-6,8-9,15-18H2,1H3,(H,26,28)/t20-/m0/s1. The second-order valence-corrected chi connectivity index (χ2v) is 9.94. The molecule has 1 aliphatic heterocycles. The van der Waals surface area contributed by atoms with Crippen LogP contribution in [0.3, 0.4) is 0 Å². The van der Waals surface area contributed by atoms with Crippen molar-refractivity contribution < 1.29 is 22.3 Å². The Morgan fingerprint density at radius 3 is 2.69 bits per heavy atom. The van der Waals surface area contributed by atoms with Gasteiger partial charge in [0.15, 0.2) is 0 Å². The Labute approximate surface area is 189 Å². The first kappa shape index (κ1) is 24.2. The number of sulfonamides is 1. The van der Waals surface area contributed by atoms with E-state index in [9.17, 15) is 17.6 Å². The van der Waals surface area contributed by atoms with Crippen LogP contribution in [0.4, 0.5) is 4.39 Å². The largest absolute Gasteiger partial charge is 0.493 e. The van der Waals surface area contributed by atoms with Crippen LogP contribution in [0.2, 0.25) is 0 Å². The number of piperidine rings is 1. The van der Waals surface area contributed by atoms with Crippen LogP contribution in [0.1, 0.15) is 38.2 Å². The summed E-state index contributed by atoms with van der Waals surface area (Å²) < 4.78 is 46.0. The van der Waals surface area contributed by atoms with Crippen molar-refractivity contribution in [3.63, 3.8) is 0 Å². The van der Waals surface area contributed by atoms with E-state index in [2.05, 4.69) is 12.2 Å². The molecule has 0 bridgehead atoms. The lowest BCUT2D eigenvalue weighted by molar-refractivity contribution is -0.126. The molecule has 0 saturated carbocycles. The van der Waals surface area contributed by atoms with Gasteiger partial charge in [-0.2, -0.15) is 4.31 Å². The monoisotopic (exact) mass is 462 g/mol. The normalized spacial score (nSPS) is 17.1. The van der Waals surface area contributed by atoms with Crippen LogP contribution >= 0.6 is 0 Å². The van der Waals surface area contributed by atoms with E-state index in [1.54, 1.807) is 0 Å². The highest BCUT2D eigenvalue weighted by Crippen LogP contribution is 2.24. The summed E-state index contributed by atoms with van der Waals surface area (Å²) in [6.07, 6.45) is 3.76. The van der Waals surface area contributed by atoms with Gasteiger partial charge in [0.1, 0.15) is 11.6 Å². The molecule has 0 aliphatic carbocycles. The number of para-hydroxylation sites is 1. The summed E-state index contributed by atoms with van der Waals surface area (Å²) in [5, 5.41) is 2.95. The van der Waals surface area contributed by atoms with Gasteiger partial charge in [0.2, 0.25) is 15.9 Å². The first-order valence-corrected chi connectivity index (χ1v) is 12.6. The highest BCUT2D eigenvalue weighted by atomic mass is 32.2. The molecule has 1 N–H and O–H groups in total. The average molecular weight is 463 g/mol. The molecule has 2 aromatic rings. The smallest absolute Gasteiger partial charge is 0.243 e. The number of halogens is 1. The van der Waals surface area contributed by atoms with Gasteiger partial charge < -0.3 is 10.1 Å². The summed E-state index contributed by atoms with van der Waals surface area (Å²) in [5.74, 6) is -0.118. The van der Waals surface area contributed by atoms with Gasteiger partial charge in [-0.05, 0) is 68.0 Å². The van der Waals surface area contributed by atoms with Crippen LogP contribution in [0.15, 0.2) is 53.4 Å². The summed E-state index contributed by atoms with van der Waals surface area (Å²) in [6.45, 7) is 3.75. The lowest BCUT2D eigenvalue weighted by Crippen LogP contribution is -2.45. The van der Waals surface area contributed by atoms with Crippen LogP contribution in [0.25, 0.3) is 0 Å². The third-order valence-electron chi connectivity index (χ3n) is 5.56. The maximum Gasteiger partial charge on any atom is 0.243 e. The van der Waals surface area contributed by atoms with Gasteiger partial charge in [-0.3, -0.25) is 4.79 Å². The van der Waals surface area contributed by atoms with E-state index in [0.29, 0.717) is 32.5 Å². The second-order valence-electron chi connectivity index (χ2n) is 8.01. The average Bonchev–Trinajstić information content (AvgIpc) is 2.81. The molecule has 32 heavy (non-hydrogen) atoms. The minimum atomic E-state index is -3.75. The minimum Gasteiger partial charge on any atom is -0.493 e. The molecule has 8 heteroatoms. The quantitative estimate of drug-likeness (QED) is 0.546. The predicted molar refractivity (Wildman–Crippen MR) is 121 cm³/mol. The van der Waals surface area contributed by atoms with E-state index in [4.69, 9.17) is 4.74 Å². The number of carbonyl (C=O) groups excluding carboxylic acids is 1. The zero-order valence-corrected chi connectivity index (χ0v) is 19.2. The first-order chi connectivity index (χ1) is 15.4. The Hall–Kier alpha value is -2.45. The molecule has 2 aromatic carbocycles. The highest BCUT2D eigenvalue weighted by Gasteiger charge is 2.33. The van der Waals surface area contributed by atoms with Gasteiger partial charge in [0.25, 0.3) is 0 Å². The fourth-order valence-electron chi connectivity index (χ4n) is 3.83. The van der Waals surface area contributed by atoms with E-state index in [1.807, 2.05) is 24.3 Å². The third-order valence-corrected chi connectivity index (χ3v) is 7.44. The van der Waals surface area contributed by atoms with Crippen molar-refractivity contribution in [3.05, 3.63) is 59.9 Å². The molecule has 174 valence electrons. The van der Waals surface area contributed by atoms with Gasteiger partial charge >= 0.3 is 0 Å². The molecule has 1 heterocycles. The van der Waals surface area contributed by atoms with Gasteiger partial charge in [-0.1, -0.05) is 25.1 Å². The van der Waals surface area contributed by atoms with Crippen molar-refractivity contribution in [1.29, 1.82) is 0 Å². The van der Waals surface area contributed by atoms with Gasteiger partial charge in [-0.25, -0.2) is 12.8 Å². The zero-order chi connectivity index (χ0) is 23.0. The van der Waals surface area contributed by atoms with Crippen molar-refractivity contribution in [3.8, 4) is 5.75 Å². The van der Waals surface area contributed by atoms with E-state index < -0.39 is 15.8 Å². The van der Waals surface area contributed by atoms with Crippen LogP contribution in [0.5, 0.6) is 5.75 Å². The number of amides is 1. The van der Waals surface area contributed by atoms with Crippen LogP contribution in [-0.4, -0.2) is 44.9 Å². The van der Waals surface area contributed by atoms with Crippen molar-refractivity contribution in [2.75, 3.05) is 26.2 Å². The van der Waals surface area contributed by atoms with Crippen molar-refractivity contribution in [2.45, 2.75) is 43.9 Å². The van der Waals surface area contributed by atoms with Crippen molar-refractivity contribution >= 4 is 15.9 Å². The fourth-order valence-corrected chi connectivity index (χ4v) is 5.35. The molecule has 6 nitrogen and oxygen atoms in total. The Morgan fingerprint density at radius 2 is 1.94 bits per heavy atom. The van der Waals surface area contributed by atoms with E-state index in [-0.39, 0.29) is 23.3 Å².